The molecule has 1 rings (SSSR count). The summed E-state index contributed by atoms with van der Waals surface area (Å²) in [6.07, 6.45) is 4.78. The minimum atomic E-state index is -0.143. The van der Waals surface area contributed by atoms with Crippen molar-refractivity contribution in [3.05, 3.63) is 0 Å². The summed E-state index contributed by atoms with van der Waals surface area (Å²) in [4.78, 5) is 5.39. The molecule has 2 nitrogen and oxygen atoms in total. The molecule has 0 bridgehead atoms. The molecule has 0 heterocycles. The van der Waals surface area contributed by atoms with Crippen LogP contribution in [0.3, 0.4) is 0 Å². The molecule has 1 fully saturated rings. The van der Waals surface area contributed by atoms with Crippen LogP contribution in [-0.2, 0) is 4.84 Å². The molecule has 0 unspecified atom stereocenters. The fourth-order valence-electron chi connectivity index (χ4n) is 1.39. The monoisotopic (exact) mass is 183 g/mol. The van der Waals surface area contributed by atoms with Crippen LogP contribution < -0.4 is 0 Å². The predicted octanol–water partition coefficient (Wildman–Crippen LogP) is 3.37. The van der Waals surface area contributed by atoms with E-state index in [1.54, 1.807) is 0 Å². The van der Waals surface area contributed by atoms with E-state index in [0.717, 1.165) is 18.8 Å². The summed E-state index contributed by atoms with van der Waals surface area (Å²) in [6.45, 7) is 8.40. The van der Waals surface area contributed by atoms with Crippen LogP contribution in [0.1, 0.15) is 53.4 Å². The molecule has 0 aromatic rings. The molecule has 1 aliphatic carbocycles. The van der Waals surface area contributed by atoms with Gasteiger partial charge in [-0.1, -0.05) is 12.1 Å². The van der Waals surface area contributed by atoms with E-state index in [4.69, 9.17) is 4.84 Å². The molecule has 0 aromatic carbocycles. The summed E-state index contributed by atoms with van der Waals surface area (Å²) in [6, 6.07) is 0. The van der Waals surface area contributed by atoms with E-state index in [1.165, 1.54) is 18.6 Å². The van der Waals surface area contributed by atoms with E-state index >= 15 is 0 Å². The van der Waals surface area contributed by atoms with Crippen molar-refractivity contribution in [2.75, 3.05) is 0 Å². The van der Waals surface area contributed by atoms with E-state index in [-0.39, 0.29) is 5.60 Å². The Balaban J connectivity index is 2.36. The third-order valence-electron chi connectivity index (χ3n) is 2.30. The molecule has 0 aromatic heterocycles. The molecular weight excluding hydrogens is 162 g/mol. The summed E-state index contributed by atoms with van der Waals surface area (Å²) in [5, 5.41) is 4.21. The normalized spacial score (nSPS) is 24.3. The lowest BCUT2D eigenvalue weighted by Crippen LogP contribution is -2.18. The van der Waals surface area contributed by atoms with E-state index in [1.807, 2.05) is 20.8 Å². The number of nitrogens with zero attached hydrogens (tertiary/aromatic N) is 1. The molecule has 0 atom stereocenters. The van der Waals surface area contributed by atoms with Crippen LogP contribution in [0.25, 0.3) is 0 Å². The maximum absolute atomic E-state index is 5.39. The minimum absolute atomic E-state index is 0.143. The van der Waals surface area contributed by atoms with Crippen LogP contribution in [-0.4, -0.2) is 11.3 Å². The fourth-order valence-corrected chi connectivity index (χ4v) is 1.39. The molecule has 1 aliphatic rings. The maximum atomic E-state index is 5.39. The molecule has 0 amide bonds. The smallest absolute Gasteiger partial charge is 0.129 e. The summed E-state index contributed by atoms with van der Waals surface area (Å²) in [7, 11) is 0. The molecule has 0 spiro atoms. The van der Waals surface area contributed by atoms with E-state index < -0.39 is 0 Å². The van der Waals surface area contributed by atoms with Crippen molar-refractivity contribution in [3.8, 4) is 0 Å². The van der Waals surface area contributed by atoms with Crippen LogP contribution in [0.5, 0.6) is 0 Å². The standard InChI is InChI=1S/C11H21NO/c1-9-5-7-10(8-6-9)12-13-11(2,3)4/h9H,5-8H2,1-4H3. The molecule has 0 saturated heterocycles. The highest BCUT2D eigenvalue weighted by molar-refractivity contribution is 5.84. The number of oxime groups is 1. The van der Waals surface area contributed by atoms with Gasteiger partial charge in [0.25, 0.3) is 0 Å². The van der Waals surface area contributed by atoms with Crippen molar-refractivity contribution in [2.45, 2.75) is 59.0 Å². The topological polar surface area (TPSA) is 21.6 Å². The van der Waals surface area contributed by atoms with Crippen molar-refractivity contribution in [1.82, 2.24) is 0 Å². The number of rotatable bonds is 1. The van der Waals surface area contributed by atoms with Crippen molar-refractivity contribution >= 4 is 5.71 Å². The third-order valence-corrected chi connectivity index (χ3v) is 2.30. The van der Waals surface area contributed by atoms with Gasteiger partial charge in [0.05, 0.1) is 5.71 Å². The van der Waals surface area contributed by atoms with Gasteiger partial charge in [0.1, 0.15) is 5.60 Å². The summed E-state index contributed by atoms with van der Waals surface area (Å²) in [5.74, 6) is 0.869. The van der Waals surface area contributed by atoms with Gasteiger partial charge < -0.3 is 4.84 Å². The second-order valence-corrected chi connectivity index (χ2v) is 5.04. The zero-order valence-electron chi connectivity index (χ0n) is 9.26. The van der Waals surface area contributed by atoms with Gasteiger partial charge in [-0.2, -0.15) is 0 Å². The van der Waals surface area contributed by atoms with Gasteiger partial charge in [-0.3, -0.25) is 0 Å². The molecule has 1 saturated carbocycles. The van der Waals surface area contributed by atoms with Gasteiger partial charge in [0.2, 0.25) is 0 Å². The first-order chi connectivity index (χ1) is 5.97. The quantitative estimate of drug-likeness (QED) is 0.571. The first kappa shape index (κ1) is 10.6. The largest absolute Gasteiger partial charge is 0.390 e. The van der Waals surface area contributed by atoms with Gasteiger partial charge in [-0.25, -0.2) is 0 Å². The molecular formula is C11H21NO. The summed E-state index contributed by atoms with van der Waals surface area (Å²) < 4.78 is 0. The van der Waals surface area contributed by atoms with Crippen LogP contribution >= 0.6 is 0 Å². The molecule has 76 valence electrons. The fraction of sp³-hybridized carbons (Fsp3) is 0.909. The number of hydrogen-bond acceptors (Lipinski definition) is 2. The van der Waals surface area contributed by atoms with Gasteiger partial charge in [-0.05, 0) is 52.4 Å². The van der Waals surface area contributed by atoms with E-state index in [2.05, 4.69) is 12.1 Å². The molecule has 13 heavy (non-hydrogen) atoms. The average Bonchev–Trinajstić information content (AvgIpc) is 2.02. The zero-order valence-corrected chi connectivity index (χ0v) is 9.26. The Bertz CT molecular complexity index is 181. The Morgan fingerprint density at radius 3 is 2.23 bits per heavy atom. The van der Waals surface area contributed by atoms with Gasteiger partial charge in [-0.15, -0.1) is 0 Å². The van der Waals surface area contributed by atoms with Crippen LogP contribution in [0, 0.1) is 5.92 Å². The minimum Gasteiger partial charge on any atom is -0.390 e. The maximum Gasteiger partial charge on any atom is 0.129 e. The molecule has 0 radical (unpaired) electrons. The summed E-state index contributed by atoms with van der Waals surface area (Å²) in [5.41, 5.74) is 1.10. The Labute approximate surface area is 81.3 Å². The Morgan fingerprint density at radius 2 is 1.77 bits per heavy atom. The highest BCUT2D eigenvalue weighted by atomic mass is 16.6. The lowest BCUT2D eigenvalue weighted by Gasteiger charge is -2.21. The highest BCUT2D eigenvalue weighted by Crippen LogP contribution is 2.22. The first-order valence-corrected chi connectivity index (χ1v) is 5.21. The lowest BCUT2D eigenvalue weighted by atomic mass is 9.90. The Morgan fingerprint density at radius 1 is 1.23 bits per heavy atom. The third kappa shape index (κ3) is 4.30. The van der Waals surface area contributed by atoms with Crippen molar-refractivity contribution in [1.29, 1.82) is 0 Å². The van der Waals surface area contributed by atoms with Gasteiger partial charge >= 0.3 is 0 Å². The zero-order chi connectivity index (χ0) is 9.90. The Hall–Kier alpha value is -0.530. The Kier molecular flexibility index (Phi) is 3.34. The predicted molar refractivity (Wildman–Crippen MR) is 55.9 cm³/mol. The van der Waals surface area contributed by atoms with Crippen LogP contribution in [0.15, 0.2) is 5.16 Å². The van der Waals surface area contributed by atoms with Crippen LogP contribution in [0.4, 0.5) is 0 Å². The second kappa shape index (κ2) is 4.12. The van der Waals surface area contributed by atoms with Gasteiger partial charge in [0, 0.05) is 0 Å². The molecule has 0 aliphatic heterocycles. The van der Waals surface area contributed by atoms with Gasteiger partial charge in [0.15, 0.2) is 0 Å². The SMILES string of the molecule is CC1CCC(=NOC(C)(C)C)CC1. The first-order valence-electron chi connectivity index (χ1n) is 5.21. The van der Waals surface area contributed by atoms with Crippen LogP contribution in [0.2, 0.25) is 0 Å². The van der Waals surface area contributed by atoms with Crippen molar-refractivity contribution in [2.24, 2.45) is 11.1 Å². The van der Waals surface area contributed by atoms with E-state index in [0.29, 0.717) is 0 Å². The van der Waals surface area contributed by atoms with E-state index in [9.17, 15) is 0 Å². The van der Waals surface area contributed by atoms with Crippen molar-refractivity contribution < 1.29 is 4.84 Å². The highest BCUT2D eigenvalue weighted by Gasteiger charge is 2.16. The molecule has 0 N–H and O–H groups in total. The second-order valence-electron chi connectivity index (χ2n) is 5.04. The average molecular weight is 183 g/mol. The van der Waals surface area contributed by atoms with Crippen molar-refractivity contribution in [3.63, 3.8) is 0 Å². The number of hydrogen-bond donors (Lipinski definition) is 0. The summed E-state index contributed by atoms with van der Waals surface area (Å²) >= 11 is 0. The lowest BCUT2D eigenvalue weighted by molar-refractivity contribution is -0.000140. The molecule has 2 heteroatoms.